The molecule has 0 radical (unpaired) electrons. The van der Waals surface area contributed by atoms with Crippen molar-refractivity contribution in [3.8, 4) is 11.3 Å². The van der Waals surface area contributed by atoms with Crippen molar-refractivity contribution in [3.05, 3.63) is 39.5 Å². The molecule has 6 heteroatoms. The second kappa shape index (κ2) is 5.23. The second-order valence-electron chi connectivity index (χ2n) is 4.07. The summed E-state index contributed by atoms with van der Waals surface area (Å²) in [6.07, 6.45) is 0. The van der Waals surface area contributed by atoms with Crippen molar-refractivity contribution >= 4 is 29.2 Å². The summed E-state index contributed by atoms with van der Waals surface area (Å²) in [5, 5.41) is 5.01. The summed E-state index contributed by atoms with van der Waals surface area (Å²) in [5.41, 5.74) is 2.40. The van der Waals surface area contributed by atoms with E-state index in [9.17, 15) is 4.79 Å². The molecule has 1 heterocycles. The first kappa shape index (κ1) is 13.9. The Bertz CT molecular complexity index is 631. The number of carbonyl (C=O) groups is 1. The van der Waals surface area contributed by atoms with Crippen LogP contribution >= 0.6 is 23.2 Å². The van der Waals surface area contributed by atoms with Crippen LogP contribution in [0.1, 0.15) is 16.1 Å². The monoisotopic (exact) mass is 298 g/mol. The molecule has 0 spiro atoms. The minimum atomic E-state index is -0.504. The van der Waals surface area contributed by atoms with Crippen LogP contribution in [0.4, 0.5) is 0 Å². The quantitative estimate of drug-likeness (QED) is 0.797. The summed E-state index contributed by atoms with van der Waals surface area (Å²) in [5.74, 6) is -0.504. The summed E-state index contributed by atoms with van der Waals surface area (Å²) >= 11 is 12.4. The molecule has 1 aromatic carbocycles. The van der Waals surface area contributed by atoms with Gasteiger partial charge >= 0.3 is 5.97 Å². The number of halogens is 2. The third-order valence-corrected chi connectivity index (χ3v) is 3.57. The molecule has 0 aliphatic carbocycles. The predicted molar refractivity (Wildman–Crippen MR) is 74.7 cm³/mol. The first-order valence-electron chi connectivity index (χ1n) is 5.53. The summed E-state index contributed by atoms with van der Waals surface area (Å²) in [7, 11) is 3.13. The van der Waals surface area contributed by atoms with Crippen LogP contribution in [0.2, 0.25) is 10.0 Å². The molecule has 0 unspecified atom stereocenters. The number of rotatable bonds is 2. The van der Waals surface area contributed by atoms with Gasteiger partial charge in [-0.05, 0) is 25.1 Å². The molecule has 0 saturated carbocycles. The van der Waals surface area contributed by atoms with Crippen molar-refractivity contribution in [2.45, 2.75) is 6.92 Å². The van der Waals surface area contributed by atoms with Gasteiger partial charge in [-0.25, -0.2) is 4.79 Å². The highest BCUT2D eigenvalue weighted by atomic mass is 35.5. The molecule has 0 aliphatic rings. The lowest BCUT2D eigenvalue weighted by Crippen LogP contribution is -2.03. The highest BCUT2D eigenvalue weighted by Gasteiger charge is 2.19. The lowest BCUT2D eigenvalue weighted by atomic mass is 10.1. The smallest absolute Gasteiger partial charge is 0.339 e. The number of ether oxygens (including phenoxy) is 1. The van der Waals surface area contributed by atoms with E-state index in [0.29, 0.717) is 16.3 Å². The van der Waals surface area contributed by atoms with Crippen LogP contribution in [0.25, 0.3) is 11.3 Å². The summed E-state index contributed by atoms with van der Waals surface area (Å²) in [6.45, 7) is 1.92. The third-order valence-electron chi connectivity index (χ3n) is 2.87. The molecule has 4 nitrogen and oxygen atoms in total. The Balaban J connectivity index is 2.65. The molecular weight excluding hydrogens is 287 g/mol. The maximum absolute atomic E-state index is 11.6. The normalized spacial score (nSPS) is 10.6. The number of benzene rings is 1. The van der Waals surface area contributed by atoms with Gasteiger partial charge in [0.2, 0.25) is 0 Å². The van der Waals surface area contributed by atoms with Gasteiger partial charge in [0.25, 0.3) is 0 Å². The first-order chi connectivity index (χ1) is 8.95. The minimum absolute atomic E-state index is 0.248. The minimum Gasteiger partial charge on any atom is -0.465 e. The number of methoxy groups -OCH3 is 1. The van der Waals surface area contributed by atoms with E-state index in [1.54, 1.807) is 10.7 Å². The average molecular weight is 299 g/mol. The van der Waals surface area contributed by atoms with E-state index < -0.39 is 5.97 Å². The Morgan fingerprint density at radius 1 is 1.37 bits per heavy atom. The van der Waals surface area contributed by atoms with E-state index in [-0.39, 0.29) is 10.6 Å². The van der Waals surface area contributed by atoms with Gasteiger partial charge in [-0.3, -0.25) is 4.68 Å². The molecule has 0 N–H and O–H groups in total. The fraction of sp³-hybridized carbons (Fsp3) is 0.231. The fourth-order valence-corrected chi connectivity index (χ4v) is 2.38. The van der Waals surface area contributed by atoms with Gasteiger partial charge < -0.3 is 4.74 Å². The number of aryl methyl sites for hydroxylation is 2. The first-order valence-corrected chi connectivity index (χ1v) is 6.28. The van der Waals surface area contributed by atoms with Crippen LogP contribution in [0.15, 0.2) is 18.2 Å². The van der Waals surface area contributed by atoms with Crippen LogP contribution in [-0.2, 0) is 11.8 Å². The molecule has 0 aliphatic heterocycles. The second-order valence-corrected chi connectivity index (χ2v) is 4.86. The number of hydrogen-bond donors (Lipinski definition) is 0. The molecular formula is C13H12Cl2N2O2. The van der Waals surface area contributed by atoms with Gasteiger partial charge in [-0.2, -0.15) is 5.10 Å². The number of carbonyl (C=O) groups excluding carboxylic acids is 1. The molecule has 0 amide bonds. The van der Waals surface area contributed by atoms with Gasteiger partial charge in [0, 0.05) is 18.3 Å². The van der Waals surface area contributed by atoms with Crippen molar-refractivity contribution in [2.24, 2.45) is 7.05 Å². The zero-order chi connectivity index (χ0) is 14.2. The van der Waals surface area contributed by atoms with Crippen molar-refractivity contribution in [2.75, 3.05) is 7.11 Å². The number of nitrogens with zero attached hydrogens (tertiary/aromatic N) is 2. The lowest BCUT2D eigenvalue weighted by Gasteiger charge is -2.08. The third kappa shape index (κ3) is 2.46. The van der Waals surface area contributed by atoms with Gasteiger partial charge in [-0.1, -0.05) is 23.2 Å². The van der Waals surface area contributed by atoms with Crippen molar-refractivity contribution in [3.63, 3.8) is 0 Å². The van der Waals surface area contributed by atoms with Crippen molar-refractivity contribution < 1.29 is 9.53 Å². The van der Waals surface area contributed by atoms with Gasteiger partial charge in [0.05, 0.1) is 28.4 Å². The largest absolute Gasteiger partial charge is 0.465 e. The van der Waals surface area contributed by atoms with Crippen LogP contribution in [0.3, 0.4) is 0 Å². The Labute approximate surface area is 120 Å². The van der Waals surface area contributed by atoms with Crippen molar-refractivity contribution in [1.82, 2.24) is 9.78 Å². The molecule has 100 valence electrons. The Morgan fingerprint density at radius 3 is 2.58 bits per heavy atom. The molecule has 2 aromatic rings. The van der Waals surface area contributed by atoms with E-state index in [1.165, 1.54) is 13.2 Å². The van der Waals surface area contributed by atoms with Gasteiger partial charge in [0.1, 0.15) is 0 Å². The Morgan fingerprint density at radius 2 is 2.05 bits per heavy atom. The summed E-state index contributed by atoms with van der Waals surface area (Å²) < 4.78 is 6.40. The number of esters is 1. The van der Waals surface area contributed by atoms with E-state index in [1.807, 2.05) is 20.0 Å². The fourth-order valence-electron chi connectivity index (χ4n) is 1.74. The van der Waals surface area contributed by atoms with E-state index in [0.717, 1.165) is 5.69 Å². The molecule has 2 rings (SSSR count). The zero-order valence-corrected chi connectivity index (χ0v) is 12.2. The highest BCUT2D eigenvalue weighted by Crippen LogP contribution is 2.36. The Hall–Kier alpha value is -1.52. The van der Waals surface area contributed by atoms with E-state index in [4.69, 9.17) is 23.2 Å². The van der Waals surface area contributed by atoms with Gasteiger partial charge in [0.15, 0.2) is 0 Å². The Kier molecular flexibility index (Phi) is 3.83. The topological polar surface area (TPSA) is 44.1 Å². The molecule has 19 heavy (non-hydrogen) atoms. The standard InChI is InChI=1S/C13H12Cl2N2O2/c1-7-6-10(16-17(7)2)11-9(14)5-4-8(12(11)15)13(18)19-3/h4-6H,1-3H3. The average Bonchev–Trinajstić information content (AvgIpc) is 2.68. The predicted octanol–water partition coefficient (Wildman–Crippen LogP) is 3.49. The van der Waals surface area contributed by atoms with E-state index in [2.05, 4.69) is 9.84 Å². The molecule has 0 bridgehead atoms. The van der Waals surface area contributed by atoms with Gasteiger partial charge in [-0.15, -0.1) is 0 Å². The zero-order valence-electron chi connectivity index (χ0n) is 10.7. The SMILES string of the molecule is COC(=O)c1ccc(Cl)c(-c2cc(C)n(C)n2)c1Cl. The molecule has 1 aromatic heterocycles. The summed E-state index contributed by atoms with van der Waals surface area (Å²) in [4.78, 5) is 11.6. The molecule has 0 saturated heterocycles. The number of hydrogen-bond acceptors (Lipinski definition) is 3. The molecule has 0 atom stereocenters. The van der Waals surface area contributed by atoms with Crippen molar-refractivity contribution in [1.29, 1.82) is 0 Å². The number of aromatic nitrogens is 2. The molecule has 0 fully saturated rings. The van der Waals surface area contributed by atoms with Crippen LogP contribution in [-0.4, -0.2) is 22.9 Å². The van der Waals surface area contributed by atoms with Crippen LogP contribution in [0, 0.1) is 6.92 Å². The maximum Gasteiger partial charge on any atom is 0.339 e. The maximum atomic E-state index is 11.6. The van der Waals surface area contributed by atoms with E-state index >= 15 is 0 Å². The van der Waals surface area contributed by atoms with Crippen LogP contribution < -0.4 is 0 Å². The van der Waals surface area contributed by atoms with Crippen LogP contribution in [0.5, 0.6) is 0 Å². The lowest BCUT2D eigenvalue weighted by molar-refractivity contribution is 0.0601. The summed E-state index contributed by atoms with van der Waals surface area (Å²) in [6, 6.07) is 5.00. The highest BCUT2D eigenvalue weighted by molar-refractivity contribution is 6.40.